The van der Waals surface area contributed by atoms with Crippen LogP contribution in [0.1, 0.15) is 58.4 Å². The standard InChI is InChI=1S/C23H34N2O5/c1-16(2)21(26)24-23(10-6-5-7-11-23)14-28-22(27)25(4)17(3)12-18-8-9-19-20(13-18)30-15-29-19/h8-9,13,16-17H,5-7,10-12,14-15H2,1-4H3,(H,24,26). The van der Waals surface area contributed by atoms with E-state index >= 15 is 0 Å². The number of hydrogen-bond donors (Lipinski definition) is 1. The maximum atomic E-state index is 12.7. The van der Waals surface area contributed by atoms with Gasteiger partial charge in [-0.1, -0.05) is 39.2 Å². The fourth-order valence-corrected chi connectivity index (χ4v) is 3.97. The highest BCUT2D eigenvalue weighted by Gasteiger charge is 2.36. The Labute approximate surface area is 179 Å². The molecule has 0 radical (unpaired) electrons. The number of ether oxygens (including phenoxy) is 3. The first-order chi connectivity index (χ1) is 14.3. The van der Waals surface area contributed by atoms with E-state index in [1.165, 1.54) is 0 Å². The van der Waals surface area contributed by atoms with Crippen LogP contribution in [-0.2, 0) is 16.0 Å². The number of hydrogen-bond acceptors (Lipinski definition) is 5. The quantitative estimate of drug-likeness (QED) is 0.727. The Morgan fingerprint density at radius 1 is 1.13 bits per heavy atom. The zero-order valence-corrected chi connectivity index (χ0v) is 18.5. The number of carbonyl (C=O) groups is 2. The molecule has 1 saturated carbocycles. The summed E-state index contributed by atoms with van der Waals surface area (Å²) in [5.74, 6) is 1.41. The number of carbonyl (C=O) groups excluding carboxylic acids is 2. The zero-order chi connectivity index (χ0) is 21.7. The summed E-state index contributed by atoms with van der Waals surface area (Å²) in [6.07, 6.45) is 5.21. The van der Waals surface area contributed by atoms with Crippen LogP contribution < -0.4 is 14.8 Å². The van der Waals surface area contributed by atoms with Crippen LogP contribution in [0.4, 0.5) is 4.79 Å². The van der Waals surface area contributed by atoms with Crippen LogP contribution in [-0.4, -0.2) is 48.9 Å². The molecule has 1 atom stereocenters. The molecule has 1 aromatic carbocycles. The summed E-state index contributed by atoms with van der Waals surface area (Å²) in [7, 11) is 1.75. The van der Waals surface area contributed by atoms with E-state index in [1.54, 1.807) is 11.9 Å². The first-order valence-corrected chi connectivity index (χ1v) is 10.9. The highest BCUT2D eigenvalue weighted by Crippen LogP contribution is 2.33. The van der Waals surface area contributed by atoms with Crippen LogP contribution in [0.2, 0.25) is 0 Å². The molecule has 166 valence electrons. The molecule has 1 aliphatic carbocycles. The number of nitrogens with one attached hydrogen (secondary N) is 1. The molecule has 1 aliphatic heterocycles. The summed E-state index contributed by atoms with van der Waals surface area (Å²) in [5.41, 5.74) is 0.621. The summed E-state index contributed by atoms with van der Waals surface area (Å²) in [6, 6.07) is 5.79. The average Bonchev–Trinajstić information content (AvgIpc) is 3.20. The molecular formula is C23H34N2O5. The van der Waals surface area contributed by atoms with Crippen LogP contribution in [0.5, 0.6) is 11.5 Å². The fraction of sp³-hybridized carbons (Fsp3) is 0.652. The molecule has 2 amide bonds. The highest BCUT2D eigenvalue weighted by molar-refractivity contribution is 5.78. The largest absolute Gasteiger partial charge is 0.454 e. The third kappa shape index (κ3) is 5.37. The van der Waals surface area contributed by atoms with Gasteiger partial charge in [-0.15, -0.1) is 0 Å². The first-order valence-electron chi connectivity index (χ1n) is 10.9. The van der Waals surface area contributed by atoms with Gasteiger partial charge in [0.2, 0.25) is 12.7 Å². The molecule has 30 heavy (non-hydrogen) atoms. The highest BCUT2D eigenvalue weighted by atomic mass is 16.7. The predicted molar refractivity (Wildman–Crippen MR) is 114 cm³/mol. The molecule has 7 nitrogen and oxygen atoms in total. The topological polar surface area (TPSA) is 77.1 Å². The van der Waals surface area contributed by atoms with Gasteiger partial charge in [0.25, 0.3) is 0 Å². The van der Waals surface area contributed by atoms with E-state index in [0.29, 0.717) is 6.42 Å². The van der Waals surface area contributed by atoms with E-state index in [1.807, 2.05) is 39.0 Å². The molecule has 1 heterocycles. The summed E-state index contributed by atoms with van der Waals surface area (Å²) in [4.78, 5) is 26.6. The van der Waals surface area contributed by atoms with E-state index in [-0.39, 0.29) is 37.4 Å². The smallest absolute Gasteiger partial charge is 0.409 e. The number of fused-ring (bicyclic) bond motifs is 1. The number of likely N-dealkylation sites (N-methyl/N-ethyl adjacent to an activating group) is 1. The van der Waals surface area contributed by atoms with Crippen LogP contribution in [0.25, 0.3) is 0 Å². The number of nitrogens with zero attached hydrogens (tertiary/aromatic N) is 1. The van der Waals surface area contributed by atoms with Crippen molar-refractivity contribution >= 4 is 12.0 Å². The Balaban J connectivity index is 1.56. The van der Waals surface area contributed by atoms with Crippen molar-refractivity contribution in [2.24, 2.45) is 5.92 Å². The maximum absolute atomic E-state index is 12.7. The molecule has 0 bridgehead atoms. The fourth-order valence-electron chi connectivity index (χ4n) is 3.97. The lowest BCUT2D eigenvalue weighted by Crippen LogP contribution is -2.55. The van der Waals surface area contributed by atoms with Crippen molar-refractivity contribution in [2.45, 2.75) is 70.9 Å². The molecule has 0 saturated heterocycles. The van der Waals surface area contributed by atoms with Crippen molar-refractivity contribution in [1.82, 2.24) is 10.2 Å². The monoisotopic (exact) mass is 418 g/mol. The van der Waals surface area contributed by atoms with Gasteiger partial charge < -0.3 is 24.4 Å². The van der Waals surface area contributed by atoms with Gasteiger partial charge in [0.15, 0.2) is 11.5 Å². The van der Waals surface area contributed by atoms with Crippen LogP contribution >= 0.6 is 0 Å². The van der Waals surface area contributed by atoms with Gasteiger partial charge in [-0.3, -0.25) is 4.79 Å². The molecule has 1 aromatic rings. The minimum absolute atomic E-state index is 0.0116. The van der Waals surface area contributed by atoms with Gasteiger partial charge in [-0.2, -0.15) is 0 Å². The number of rotatable bonds is 7. The van der Waals surface area contributed by atoms with Crippen LogP contribution in [0.15, 0.2) is 18.2 Å². The lowest BCUT2D eigenvalue weighted by molar-refractivity contribution is -0.127. The van der Waals surface area contributed by atoms with E-state index in [9.17, 15) is 9.59 Å². The van der Waals surface area contributed by atoms with Crippen LogP contribution in [0.3, 0.4) is 0 Å². The minimum atomic E-state index is -0.448. The van der Waals surface area contributed by atoms with E-state index in [4.69, 9.17) is 14.2 Å². The Morgan fingerprint density at radius 3 is 2.53 bits per heavy atom. The van der Waals surface area contributed by atoms with Gasteiger partial charge in [0, 0.05) is 19.0 Å². The van der Waals surface area contributed by atoms with Crippen molar-refractivity contribution in [2.75, 3.05) is 20.4 Å². The molecule has 7 heteroatoms. The average molecular weight is 419 g/mol. The molecule has 1 N–H and O–H groups in total. The summed E-state index contributed by atoms with van der Waals surface area (Å²) in [6.45, 7) is 6.21. The van der Waals surface area contributed by atoms with E-state index in [2.05, 4.69) is 5.32 Å². The first kappa shape index (κ1) is 22.2. The molecule has 1 fully saturated rings. The lowest BCUT2D eigenvalue weighted by Gasteiger charge is -2.38. The Hall–Kier alpha value is -2.44. The Kier molecular flexibility index (Phi) is 7.10. The second kappa shape index (κ2) is 9.58. The van der Waals surface area contributed by atoms with Gasteiger partial charge in [-0.05, 0) is 43.9 Å². The third-order valence-corrected chi connectivity index (χ3v) is 6.11. The second-order valence-electron chi connectivity index (χ2n) is 8.89. The Morgan fingerprint density at radius 2 is 1.83 bits per heavy atom. The minimum Gasteiger partial charge on any atom is -0.454 e. The molecule has 0 spiro atoms. The number of amides is 2. The SMILES string of the molecule is CC(C)C(=O)NC1(COC(=O)N(C)C(C)Cc2ccc3c(c2)OCO3)CCCCC1. The second-order valence-corrected chi connectivity index (χ2v) is 8.89. The van der Waals surface area contributed by atoms with Crippen molar-refractivity contribution in [1.29, 1.82) is 0 Å². The van der Waals surface area contributed by atoms with Gasteiger partial charge in [0.05, 0.1) is 5.54 Å². The third-order valence-electron chi connectivity index (χ3n) is 6.11. The number of benzene rings is 1. The lowest BCUT2D eigenvalue weighted by atomic mass is 9.82. The molecular weight excluding hydrogens is 384 g/mol. The normalized spacial score (nSPS) is 18.0. The van der Waals surface area contributed by atoms with Crippen molar-refractivity contribution in [3.05, 3.63) is 23.8 Å². The van der Waals surface area contributed by atoms with Gasteiger partial charge in [0.1, 0.15) is 6.61 Å². The summed E-state index contributed by atoms with van der Waals surface area (Å²) in [5, 5.41) is 3.16. The van der Waals surface area contributed by atoms with E-state index < -0.39 is 5.54 Å². The maximum Gasteiger partial charge on any atom is 0.409 e. The summed E-state index contributed by atoms with van der Waals surface area (Å²) >= 11 is 0. The van der Waals surface area contributed by atoms with E-state index in [0.717, 1.165) is 49.2 Å². The van der Waals surface area contributed by atoms with Gasteiger partial charge in [-0.25, -0.2) is 4.79 Å². The van der Waals surface area contributed by atoms with Crippen LogP contribution in [0, 0.1) is 5.92 Å². The van der Waals surface area contributed by atoms with Crippen molar-refractivity contribution in [3.63, 3.8) is 0 Å². The summed E-state index contributed by atoms with van der Waals surface area (Å²) < 4.78 is 16.5. The molecule has 2 aliphatic rings. The van der Waals surface area contributed by atoms with Crippen molar-refractivity contribution in [3.8, 4) is 11.5 Å². The molecule has 0 aromatic heterocycles. The Bertz CT molecular complexity index is 758. The predicted octanol–water partition coefficient (Wildman–Crippen LogP) is 3.89. The molecule has 3 rings (SSSR count). The zero-order valence-electron chi connectivity index (χ0n) is 18.5. The van der Waals surface area contributed by atoms with Crippen molar-refractivity contribution < 1.29 is 23.8 Å². The van der Waals surface area contributed by atoms with Gasteiger partial charge >= 0.3 is 6.09 Å². The molecule has 1 unspecified atom stereocenters.